The minimum Gasteiger partial charge on any atom is -0.463 e. The van der Waals surface area contributed by atoms with Gasteiger partial charge in [-0.25, -0.2) is 0 Å². The predicted octanol–water partition coefficient (Wildman–Crippen LogP) is 5.13. The first kappa shape index (κ1) is 23.5. The number of nitrogens with one attached hydrogen (secondary N) is 2. The van der Waals surface area contributed by atoms with Crippen LogP contribution in [0.25, 0.3) is 10.9 Å². The molecule has 6 heteroatoms. The quantitative estimate of drug-likeness (QED) is 0.337. The molecule has 0 unspecified atom stereocenters. The van der Waals surface area contributed by atoms with Crippen LogP contribution in [0.15, 0.2) is 30.5 Å². The van der Waals surface area contributed by atoms with Gasteiger partial charge in [-0.15, -0.1) is 0 Å². The van der Waals surface area contributed by atoms with Crippen LogP contribution in [0.2, 0.25) is 0 Å². The minimum atomic E-state index is -0.538. The van der Waals surface area contributed by atoms with E-state index in [9.17, 15) is 9.59 Å². The van der Waals surface area contributed by atoms with Crippen LogP contribution in [0.1, 0.15) is 58.4 Å². The molecule has 5 nitrogen and oxygen atoms in total. The van der Waals surface area contributed by atoms with Gasteiger partial charge in [-0.2, -0.15) is 0 Å². The Kier molecular flexibility index (Phi) is 9.21. The normalized spacial score (nSPS) is 13.4. The fraction of sp³-hybridized carbons (Fsp3) is 0.565. The van der Waals surface area contributed by atoms with E-state index in [1.165, 1.54) is 10.9 Å². The summed E-state index contributed by atoms with van der Waals surface area (Å²) in [6, 6.07) is 8.18. The number of fused-ring (bicyclic) bond motifs is 1. The minimum absolute atomic E-state index is 0.0399. The molecule has 2 N–H and O–H groups in total. The number of amides is 1. The van der Waals surface area contributed by atoms with Gasteiger partial charge in [0.1, 0.15) is 0 Å². The summed E-state index contributed by atoms with van der Waals surface area (Å²) >= 11 is 3.47. The smallest absolute Gasteiger partial charge is 0.306 e. The van der Waals surface area contributed by atoms with Gasteiger partial charge in [0.05, 0.1) is 6.10 Å². The maximum atomic E-state index is 13.1. The third kappa shape index (κ3) is 6.59. The number of aromatic amines is 1. The van der Waals surface area contributed by atoms with Crippen molar-refractivity contribution in [1.82, 2.24) is 10.3 Å². The highest BCUT2D eigenvalue weighted by atomic mass is 79.9. The summed E-state index contributed by atoms with van der Waals surface area (Å²) in [6.07, 6.45) is 5.77. The lowest BCUT2D eigenvalue weighted by atomic mass is 9.76. The van der Waals surface area contributed by atoms with Crippen LogP contribution in [-0.2, 0) is 20.7 Å². The average molecular weight is 465 g/mol. The standard InChI is InChI=1S/C23H33BrN2O3/c1-4-23(12-7-14-24,13-10-21(27)29-17(2)3)22(28)25-15-11-18-16-26-20-9-6-5-8-19(18)20/h5-6,8-9,16-17,26H,4,7,10-15H2,1-3H3,(H,25,28)/t23-/m0/s1. The van der Waals surface area contributed by atoms with Gasteiger partial charge in [-0.1, -0.05) is 41.1 Å². The Bertz CT molecular complexity index is 802. The number of aromatic nitrogens is 1. The number of hydrogen-bond acceptors (Lipinski definition) is 3. The van der Waals surface area contributed by atoms with Crippen LogP contribution in [0.3, 0.4) is 0 Å². The molecular formula is C23H33BrN2O3. The molecule has 0 spiro atoms. The maximum Gasteiger partial charge on any atom is 0.306 e. The van der Waals surface area contributed by atoms with Gasteiger partial charge in [-0.05, 0) is 57.6 Å². The third-order valence-corrected chi connectivity index (χ3v) is 6.04. The van der Waals surface area contributed by atoms with Crippen molar-refractivity contribution in [2.45, 2.75) is 65.4 Å². The van der Waals surface area contributed by atoms with Crippen LogP contribution in [0, 0.1) is 5.41 Å². The Morgan fingerprint density at radius 2 is 2.00 bits per heavy atom. The molecule has 0 saturated heterocycles. The zero-order valence-corrected chi connectivity index (χ0v) is 19.3. The zero-order valence-electron chi connectivity index (χ0n) is 17.7. The summed E-state index contributed by atoms with van der Waals surface area (Å²) in [5, 5.41) is 5.17. The topological polar surface area (TPSA) is 71.2 Å². The van der Waals surface area contributed by atoms with E-state index in [2.05, 4.69) is 38.4 Å². The molecule has 0 aliphatic carbocycles. The Morgan fingerprint density at radius 1 is 1.24 bits per heavy atom. The molecule has 1 aromatic carbocycles. The van der Waals surface area contributed by atoms with Gasteiger partial charge in [0.25, 0.3) is 0 Å². The highest BCUT2D eigenvalue weighted by Gasteiger charge is 2.36. The third-order valence-electron chi connectivity index (χ3n) is 5.48. The molecule has 1 aromatic heterocycles. The van der Waals surface area contributed by atoms with E-state index >= 15 is 0 Å². The van der Waals surface area contributed by atoms with E-state index < -0.39 is 5.41 Å². The van der Waals surface area contributed by atoms with Gasteiger partial charge < -0.3 is 15.0 Å². The van der Waals surface area contributed by atoms with Crippen molar-refractivity contribution >= 4 is 38.7 Å². The van der Waals surface area contributed by atoms with Crippen molar-refractivity contribution in [3.8, 4) is 0 Å². The number of H-pyrrole nitrogens is 1. The molecule has 2 rings (SSSR count). The number of esters is 1. The lowest BCUT2D eigenvalue weighted by molar-refractivity contribution is -0.148. The van der Waals surface area contributed by atoms with E-state index in [0.29, 0.717) is 19.4 Å². The van der Waals surface area contributed by atoms with Gasteiger partial charge >= 0.3 is 5.97 Å². The van der Waals surface area contributed by atoms with Crippen molar-refractivity contribution in [2.24, 2.45) is 5.41 Å². The summed E-state index contributed by atoms with van der Waals surface area (Å²) in [5.74, 6) is -0.193. The second-order valence-corrected chi connectivity index (χ2v) is 8.62. The summed E-state index contributed by atoms with van der Waals surface area (Å²) in [4.78, 5) is 28.5. The zero-order chi connectivity index (χ0) is 21.3. The first-order chi connectivity index (χ1) is 13.9. The largest absolute Gasteiger partial charge is 0.463 e. The summed E-state index contributed by atoms with van der Waals surface area (Å²) in [5.41, 5.74) is 1.77. The number of para-hydroxylation sites is 1. The number of carbonyl (C=O) groups excluding carboxylic acids is 2. The van der Waals surface area contributed by atoms with Crippen molar-refractivity contribution in [1.29, 1.82) is 0 Å². The summed E-state index contributed by atoms with van der Waals surface area (Å²) < 4.78 is 5.26. The van der Waals surface area contributed by atoms with Gasteiger partial charge in [0, 0.05) is 40.8 Å². The van der Waals surface area contributed by atoms with Crippen molar-refractivity contribution in [3.05, 3.63) is 36.0 Å². The molecule has 0 fully saturated rings. The molecule has 0 saturated carbocycles. The second-order valence-electron chi connectivity index (χ2n) is 7.83. The van der Waals surface area contributed by atoms with Crippen molar-refractivity contribution in [2.75, 3.05) is 11.9 Å². The van der Waals surface area contributed by atoms with Gasteiger partial charge in [-0.3, -0.25) is 9.59 Å². The van der Waals surface area contributed by atoms with Gasteiger partial charge in [0.15, 0.2) is 0 Å². The van der Waals surface area contributed by atoms with E-state index in [4.69, 9.17) is 4.74 Å². The number of alkyl halides is 1. The lowest BCUT2D eigenvalue weighted by Crippen LogP contribution is -2.42. The molecule has 0 radical (unpaired) electrons. The Labute approximate surface area is 182 Å². The molecule has 29 heavy (non-hydrogen) atoms. The Hall–Kier alpha value is -1.82. The molecule has 1 amide bonds. The van der Waals surface area contributed by atoms with Gasteiger partial charge in [0.2, 0.25) is 5.91 Å². The van der Waals surface area contributed by atoms with E-state index in [-0.39, 0.29) is 24.4 Å². The molecular weight excluding hydrogens is 432 g/mol. The number of hydrogen-bond donors (Lipinski definition) is 2. The molecule has 2 aromatic rings. The van der Waals surface area contributed by atoms with E-state index in [1.807, 2.05) is 39.1 Å². The van der Waals surface area contributed by atoms with Crippen LogP contribution in [-0.4, -0.2) is 34.8 Å². The molecule has 0 aliphatic heterocycles. The van der Waals surface area contributed by atoms with Crippen LogP contribution >= 0.6 is 15.9 Å². The van der Waals surface area contributed by atoms with Crippen LogP contribution in [0.5, 0.6) is 0 Å². The molecule has 1 heterocycles. The predicted molar refractivity (Wildman–Crippen MR) is 121 cm³/mol. The fourth-order valence-corrected chi connectivity index (χ4v) is 4.05. The van der Waals surface area contributed by atoms with Crippen molar-refractivity contribution in [3.63, 3.8) is 0 Å². The number of benzene rings is 1. The second kappa shape index (κ2) is 11.4. The molecule has 1 atom stereocenters. The summed E-state index contributed by atoms with van der Waals surface area (Å²) in [6.45, 7) is 6.29. The highest BCUT2D eigenvalue weighted by Crippen LogP contribution is 2.34. The SMILES string of the molecule is CC[C@](CCCBr)(CCC(=O)OC(C)C)C(=O)NCCc1c[nH]c2ccccc12. The van der Waals surface area contributed by atoms with Crippen LogP contribution in [0.4, 0.5) is 0 Å². The Balaban J connectivity index is 1.99. The number of rotatable bonds is 12. The molecule has 0 bridgehead atoms. The number of halogens is 1. The fourth-order valence-electron chi connectivity index (χ4n) is 3.77. The van der Waals surface area contributed by atoms with E-state index in [1.54, 1.807) is 0 Å². The number of carbonyl (C=O) groups is 2. The highest BCUT2D eigenvalue weighted by molar-refractivity contribution is 9.09. The maximum absolute atomic E-state index is 13.1. The molecule has 0 aliphatic rings. The lowest BCUT2D eigenvalue weighted by Gasteiger charge is -2.31. The summed E-state index contributed by atoms with van der Waals surface area (Å²) in [7, 11) is 0. The Morgan fingerprint density at radius 3 is 2.69 bits per heavy atom. The molecule has 160 valence electrons. The van der Waals surface area contributed by atoms with Crippen LogP contribution < -0.4 is 5.32 Å². The first-order valence-corrected chi connectivity index (χ1v) is 11.6. The monoisotopic (exact) mass is 464 g/mol. The number of ether oxygens (including phenoxy) is 1. The average Bonchev–Trinajstić information content (AvgIpc) is 3.11. The first-order valence-electron chi connectivity index (χ1n) is 10.5. The van der Waals surface area contributed by atoms with Crippen molar-refractivity contribution < 1.29 is 14.3 Å². The van der Waals surface area contributed by atoms with E-state index in [0.717, 1.165) is 30.1 Å².